The molecule has 150 valence electrons. The molecule has 7 heteroatoms. The second-order valence-corrected chi connectivity index (χ2v) is 6.80. The minimum atomic E-state index is -0.824. The van der Waals surface area contributed by atoms with Crippen molar-refractivity contribution in [3.05, 3.63) is 64.8 Å². The third kappa shape index (κ3) is 5.03. The van der Waals surface area contributed by atoms with Gasteiger partial charge in [-0.3, -0.25) is 4.79 Å². The summed E-state index contributed by atoms with van der Waals surface area (Å²) in [7, 11) is 1.58. The molecule has 0 aliphatic rings. The molecule has 0 bridgehead atoms. The predicted octanol–water partition coefficient (Wildman–Crippen LogP) is 4.61. The van der Waals surface area contributed by atoms with Crippen molar-refractivity contribution in [1.29, 1.82) is 0 Å². The number of pyridine rings is 1. The molecule has 0 amide bonds. The average Bonchev–Trinajstić information content (AvgIpc) is 2.71. The highest BCUT2D eigenvalue weighted by atomic mass is 35.5. The summed E-state index contributed by atoms with van der Waals surface area (Å²) in [5.41, 5.74) is 1.86. The molecular weight excluding hydrogens is 394 g/mol. The molecule has 0 aliphatic carbocycles. The number of fused-ring (bicyclic) bond motifs is 1. The first-order chi connectivity index (χ1) is 13.9. The van der Waals surface area contributed by atoms with E-state index in [2.05, 4.69) is 4.98 Å². The number of carbonyl (C=O) groups excluding carboxylic acids is 2. The number of esters is 1. The monoisotopic (exact) mass is 413 g/mol. The first-order valence-corrected chi connectivity index (χ1v) is 9.32. The van der Waals surface area contributed by atoms with Gasteiger partial charge in [0.1, 0.15) is 23.3 Å². The largest absolute Gasteiger partial charge is 0.497 e. The van der Waals surface area contributed by atoms with Gasteiger partial charge in [-0.05, 0) is 56.3 Å². The lowest BCUT2D eigenvalue weighted by Crippen LogP contribution is -2.26. The molecular formula is C22H20ClNO5. The van der Waals surface area contributed by atoms with E-state index >= 15 is 0 Å². The van der Waals surface area contributed by atoms with Crippen LogP contribution in [0.15, 0.2) is 48.5 Å². The van der Waals surface area contributed by atoms with E-state index in [9.17, 15) is 9.59 Å². The van der Waals surface area contributed by atoms with Crippen molar-refractivity contribution >= 4 is 34.3 Å². The Morgan fingerprint density at radius 1 is 1.07 bits per heavy atom. The molecule has 3 aromatic rings. The number of hydrogen-bond acceptors (Lipinski definition) is 6. The zero-order valence-electron chi connectivity index (χ0n) is 16.3. The smallest absolute Gasteiger partial charge is 0.347 e. The Balaban J connectivity index is 1.63. The summed E-state index contributed by atoms with van der Waals surface area (Å²) in [5, 5.41) is 1.11. The number of nitrogens with zero attached hydrogens (tertiary/aromatic N) is 1. The van der Waals surface area contributed by atoms with Crippen LogP contribution in [0.3, 0.4) is 0 Å². The first kappa shape index (κ1) is 20.6. The summed E-state index contributed by atoms with van der Waals surface area (Å²) in [5.74, 6) is 0.580. The molecule has 6 nitrogen and oxygen atoms in total. The van der Waals surface area contributed by atoms with Gasteiger partial charge >= 0.3 is 5.97 Å². The van der Waals surface area contributed by atoms with Crippen LogP contribution < -0.4 is 9.47 Å². The number of halogens is 1. The lowest BCUT2D eigenvalue weighted by Gasteiger charge is -2.15. The highest BCUT2D eigenvalue weighted by Gasteiger charge is 2.18. The third-order valence-corrected chi connectivity index (χ3v) is 4.65. The molecule has 1 atom stereocenters. The Hall–Kier alpha value is -3.12. The summed E-state index contributed by atoms with van der Waals surface area (Å²) in [6.07, 6.45) is -0.824. The molecule has 0 radical (unpaired) electrons. The van der Waals surface area contributed by atoms with Crippen LogP contribution >= 0.6 is 11.6 Å². The molecule has 3 rings (SSSR count). The van der Waals surface area contributed by atoms with Crippen LogP contribution in [0.2, 0.25) is 5.15 Å². The lowest BCUT2D eigenvalue weighted by atomic mass is 10.1. The summed E-state index contributed by atoms with van der Waals surface area (Å²) < 4.78 is 16.1. The fraction of sp³-hybridized carbons (Fsp3) is 0.227. The third-order valence-electron chi connectivity index (χ3n) is 4.33. The molecule has 0 spiro atoms. The highest BCUT2D eigenvalue weighted by Crippen LogP contribution is 2.25. The molecule has 1 unspecified atom stereocenters. The van der Waals surface area contributed by atoms with Gasteiger partial charge in [-0.2, -0.15) is 0 Å². The van der Waals surface area contributed by atoms with Gasteiger partial charge in [-0.25, -0.2) is 9.78 Å². The van der Waals surface area contributed by atoms with Gasteiger partial charge in [-0.1, -0.05) is 11.6 Å². The van der Waals surface area contributed by atoms with Crippen molar-refractivity contribution in [2.45, 2.75) is 26.6 Å². The highest BCUT2D eigenvalue weighted by molar-refractivity contribution is 6.30. The zero-order chi connectivity index (χ0) is 21.0. The molecule has 0 N–H and O–H groups in total. The zero-order valence-corrected chi connectivity index (χ0v) is 17.0. The van der Waals surface area contributed by atoms with Gasteiger partial charge < -0.3 is 14.2 Å². The summed E-state index contributed by atoms with van der Waals surface area (Å²) >= 11 is 6.23. The molecule has 0 aliphatic heterocycles. The number of ether oxygens (including phenoxy) is 3. The topological polar surface area (TPSA) is 74.7 Å². The maximum atomic E-state index is 12.3. The minimum Gasteiger partial charge on any atom is -0.497 e. The van der Waals surface area contributed by atoms with Gasteiger partial charge in [0.2, 0.25) is 0 Å². The fourth-order valence-corrected chi connectivity index (χ4v) is 2.88. The number of ketones is 1. The van der Waals surface area contributed by atoms with Crippen LogP contribution in [0.1, 0.15) is 29.8 Å². The molecule has 2 aromatic carbocycles. The van der Waals surface area contributed by atoms with Gasteiger partial charge in [0.05, 0.1) is 12.6 Å². The van der Waals surface area contributed by atoms with Crippen molar-refractivity contribution in [1.82, 2.24) is 4.98 Å². The van der Waals surface area contributed by atoms with Crippen molar-refractivity contribution in [3.8, 4) is 11.5 Å². The number of benzene rings is 2. The minimum absolute atomic E-state index is 0.0242. The fourth-order valence-electron chi connectivity index (χ4n) is 2.68. The van der Waals surface area contributed by atoms with E-state index in [1.807, 2.05) is 18.2 Å². The maximum absolute atomic E-state index is 12.3. The number of aromatic nitrogens is 1. The van der Waals surface area contributed by atoms with Crippen molar-refractivity contribution in [2.24, 2.45) is 0 Å². The molecule has 0 saturated heterocycles. The Kier molecular flexibility index (Phi) is 6.34. The Labute approximate surface area is 173 Å². The van der Waals surface area contributed by atoms with Crippen LogP contribution in [0.5, 0.6) is 11.5 Å². The standard InChI is InChI=1S/C22H20ClNO5/c1-13(25)15-4-7-18(8-5-15)29-14(2)22(26)28-12-17-10-16-6-9-19(27-3)11-20(16)24-21(17)23/h4-11,14H,12H2,1-3H3. The van der Waals surface area contributed by atoms with E-state index in [1.54, 1.807) is 44.4 Å². The van der Waals surface area contributed by atoms with Crippen molar-refractivity contribution in [3.63, 3.8) is 0 Å². The Morgan fingerprint density at radius 3 is 2.41 bits per heavy atom. The number of Topliss-reactive ketones (excluding diaryl/α,β-unsaturated/α-hetero) is 1. The van der Waals surface area contributed by atoms with Gasteiger partial charge in [-0.15, -0.1) is 0 Å². The first-order valence-electron chi connectivity index (χ1n) is 8.95. The predicted molar refractivity (Wildman–Crippen MR) is 110 cm³/mol. The van der Waals surface area contributed by atoms with Crippen LogP contribution in [0.4, 0.5) is 0 Å². The van der Waals surface area contributed by atoms with Gasteiger partial charge in [0, 0.05) is 22.6 Å². The van der Waals surface area contributed by atoms with E-state index in [-0.39, 0.29) is 17.5 Å². The SMILES string of the molecule is COc1ccc2cc(COC(=O)C(C)Oc3ccc(C(C)=O)cc3)c(Cl)nc2c1. The molecule has 1 aromatic heterocycles. The molecule has 29 heavy (non-hydrogen) atoms. The van der Waals surface area contributed by atoms with E-state index < -0.39 is 12.1 Å². The van der Waals surface area contributed by atoms with Gasteiger partial charge in [0.25, 0.3) is 0 Å². The maximum Gasteiger partial charge on any atom is 0.347 e. The van der Waals surface area contributed by atoms with Crippen LogP contribution in [-0.2, 0) is 16.1 Å². The summed E-state index contributed by atoms with van der Waals surface area (Å²) in [6, 6.07) is 13.8. The van der Waals surface area contributed by atoms with Crippen molar-refractivity contribution in [2.75, 3.05) is 7.11 Å². The van der Waals surface area contributed by atoms with E-state index in [4.69, 9.17) is 25.8 Å². The van der Waals surface area contributed by atoms with Crippen molar-refractivity contribution < 1.29 is 23.8 Å². The molecule has 0 fully saturated rings. The molecule has 1 heterocycles. The number of hydrogen-bond donors (Lipinski definition) is 0. The second-order valence-electron chi connectivity index (χ2n) is 6.45. The van der Waals surface area contributed by atoms with Crippen LogP contribution in [0, 0.1) is 0 Å². The normalized spacial score (nSPS) is 11.7. The second kappa shape index (κ2) is 8.92. The van der Waals surface area contributed by atoms with Gasteiger partial charge in [0.15, 0.2) is 11.9 Å². The van der Waals surface area contributed by atoms with E-state index in [1.165, 1.54) is 6.92 Å². The van der Waals surface area contributed by atoms with E-state index in [0.717, 1.165) is 5.39 Å². The summed E-state index contributed by atoms with van der Waals surface area (Å²) in [4.78, 5) is 27.9. The quantitative estimate of drug-likeness (QED) is 0.320. The summed E-state index contributed by atoms with van der Waals surface area (Å²) in [6.45, 7) is 3.05. The molecule has 0 saturated carbocycles. The van der Waals surface area contributed by atoms with E-state index in [0.29, 0.717) is 28.1 Å². The Morgan fingerprint density at radius 2 is 1.76 bits per heavy atom. The lowest BCUT2D eigenvalue weighted by molar-refractivity contribution is -0.152. The van der Waals surface area contributed by atoms with Crippen LogP contribution in [0.25, 0.3) is 10.9 Å². The number of carbonyl (C=O) groups is 2. The van der Waals surface area contributed by atoms with Crippen LogP contribution in [-0.4, -0.2) is 30.0 Å². The number of methoxy groups -OCH3 is 1. The average molecular weight is 414 g/mol. The Bertz CT molecular complexity index is 1050. The number of rotatable bonds is 7.